The van der Waals surface area contributed by atoms with E-state index in [0.717, 1.165) is 21.9 Å². The number of furan rings is 1. The predicted molar refractivity (Wildman–Crippen MR) is 275 cm³/mol. The number of hydrogen-bond acceptors (Lipinski definition) is 1. The summed E-state index contributed by atoms with van der Waals surface area (Å²) in [6.45, 7) is 0. The zero-order valence-corrected chi connectivity index (χ0v) is 36.3. The van der Waals surface area contributed by atoms with E-state index in [0.29, 0.717) is 0 Å². The maximum atomic E-state index is 6.46. The van der Waals surface area contributed by atoms with Gasteiger partial charge in [-0.3, -0.25) is 0 Å². The molecule has 0 saturated carbocycles. The van der Waals surface area contributed by atoms with Crippen LogP contribution < -0.4 is 0 Å². The van der Waals surface area contributed by atoms with Crippen molar-refractivity contribution >= 4 is 110 Å². The van der Waals surface area contributed by atoms with Gasteiger partial charge in [0.2, 0.25) is 0 Å². The zero-order chi connectivity index (χ0) is 41.9. The SMILES string of the molecule is c1ccc(-c2c3ccccc3c(-c3cccc4[se]c5cc(-c6c7ccccc7c(-c7ccc8oc9cc%10ccccc%10cc9c8c7)c7ccccc67)ccc5c34)c3ccccc23)cc1. The third kappa shape index (κ3) is 5.25. The standard InChI is InChI=1S/C62H36OSe/c1-2-15-37(16-3-1)58-46-23-10-12-25-48(46)61(49-26-13-11-24-47(49)58)51-27-14-28-56-62(51)50-31-29-41(36-57(50)64-56)60-44-21-8-6-19-42(44)59(43-20-7-9-22-45(43)60)40-30-32-54-52(34-40)53-33-38-17-4-5-18-39(38)35-55(53)63-54/h1-36H. The molecule has 0 bridgehead atoms. The first-order chi connectivity index (χ1) is 31.7. The topological polar surface area (TPSA) is 13.1 Å². The van der Waals surface area contributed by atoms with Gasteiger partial charge in [-0.25, -0.2) is 0 Å². The number of rotatable bonds is 4. The van der Waals surface area contributed by atoms with E-state index in [4.69, 9.17) is 4.42 Å². The van der Waals surface area contributed by atoms with Crippen LogP contribution in [0, 0.1) is 0 Å². The van der Waals surface area contributed by atoms with Gasteiger partial charge >= 0.3 is 336 Å². The molecule has 296 valence electrons. The molecule has 2 heteroatoms. The Labute approximate surface area is 374 Å². The molecule has 0 aliphatic heterocycles. The van der Waals surface area contributed by atoms with Crippen molar-refractivity contribution in [2.75, 3.05) is 0 Å². The van der Waals surface area contributed by atoms with Crippen molar-refractivity contribution in [3.63, 3.8) is 0 Å². The van der Waals surface area contributed by atoms with Crippen molar-refractivity contribution in [1.82, 2.24) is 0 Å². The first kappa shape index (κ1) is 35.8. The Morgan fingerprint density at radius 1 is 0.266 bits per heavy atom. The van der Waals surface area contributed by atoms with E-state index in [9.17, 15) is 0 Å². The zero-order valence-electron chi connectivity index (χ0n) is 34.6. The minimum atomic E-state index is 0.145. The summed E-state index contributed by atoms with van der Waals surface area (Å²) in [5, 5.41) is 17.6. The fourth-order valence-electron chi connectivity index (χ4n) is 10.9. The summed E-state index contributed by atoms with van der Waals surface area (Å²) in [7, 11) is 0. The quantitative estimate of drug-likeness (QED) is 0.127. The second kappa shape index (κ2) is 13.9. The Bertz CT molecular complexity index is 4130. The van der Waals surface area contributed by atoms with Gasteiger partial charge in [0, 0.05) is 0 Å². The molecular weight excluding hydrogens is 840 g/mol. The van der Waals surface area contributed by atoms with Crippen molar-refractivity contribution in [3.8, 4) is 44.5 Å². The molecule has 0 N–H and O–H groups in total. The van der Waals surface area contributed by atoms with Crippen LogP contribution in [0.5, 0.6) is 0 Å². The molecule has 0 spiro atoms. The molecule has 2 heterocycles. The van der Waals surface area contributed by atoms with Crippen LogP contribution in [-0.2, 0) is 0 Å². The molecule has 64 heavy (non-hydrogen) atoms. The molecule has 0 aliphatic rings. The molecule has 14 aromatic rings. The fraction of sp³-hybridized carbons (Fsp3) is 0. The molecule has 0 saturated heterocycles. The van der Waals surface area contributed by atoms with Crippen LogP contribution in [0.3, 0.4) is 0 Å². The molecule has 14 rings (SSSR count). The van der Waals surface area contributed by atoms with Crippen LogP contribution in [0.1, 0.15) is 0 Å². The van der Waals surface area contributed by atoms with Gasteiger partial charge in [-0.1, -0.05) is 24.3 Å². The third-order valence-corrected chi connectivity index (χ3v) is 16.0. The molecule has 12 aromatic carbocycles. The maximum absolute atomic E-state index is 6.46. The van der Waals surface area contributed by atoms with Crippen molar-refractivity contribution in [1.29, 1.82) is 0 Å². The van der Waals surface area contributed by atoms with Crippen LogP contribution in [0.2, 0.25) is 0 Å². The summed E-state index contributed by atoms with van der Waals surface area (Å²) in [4.78, 5) is 0. The van der Waals surface area contributed by atoms with E-state index in [1.165, 1.54) is 118 Å². The van der Waals surface area contributed by atoms with E-state index in [-0.39, 0.29) is 14.5 Å². The second-order valence-corrected chi connectivity index (χ2v) is 19.3. The average Bonchev–Trinajstić information content (AvgIpc) is 3.91. The molecule has 0 radical (unpaired) electrons. The summed E-state index contributed by atoms with van der Waals surface area (Å²) in [5.41, 5.74) is 12.0. The van der Waals surface area contributed by atoms with Crippen molar-refractivity contribution in [3.05, 3.63) is 218 Å². The molecule has 2 aromatic heterocycles. The first-order valence-electron chi connectivity index (χ1n) is 22.0. The van der Waals surface area contributed by atoms with Crippen molar-refractivity contribution < 1.29 is 4.42 Å². The van der Waals surface area contributed by atoms with Gasteiger partial charge in [-0.05, 0) is 16.8 Å². The fourth-order valence-corrected chi connectivity index (χ4v) is 13.4. The second-order valence-electron chi connectivity index (χ2n) is 17.0. The van der Waals surface area contributed by atoms with Crippen LogP contribution in [0.4, 0.5) is 0 Å². The van der Waals surface area contributed by atoms with Crippen LogP contribution >= 0.6 is 0 Å². The van der Waals surface area contributed by atoms with E-state index in [1.807, 2.05) is 0 Å². The average molecular weight is 876 g/mol. The van der Waals surface area contributed by atoms with Crippen LogP contribution in [0.15, 0.2) is 223 Å². The molecular formula is C62H36OSe. The first-order valence-corrected chi connectivity index (χ1v) is 23.7. The van der Waals surface area contributed by atoms with Gasteiger partial charge in [0.25, 0.3) is 0 Å². The summed E-state index contributed by atoms with van der Waals surface area (Å²) < 4.78 is 9.33. The monoisotopic (exact) mass is 876 g/mol. The van der Waals surface area contributed by atoms with Crippen molar-refractivity contribution in [2.45, 2.75) is 0 Å². The number of fused-ring (bicyclic) bond motifs is 11. The minimum absolute atomic E-state index is 0.145. The van der Waals surface area contributed by atoms with E-state index >= 15 is 0 Å². The summed E-state index contributed by atoms with van der Waals surface area (Å²) in [5.74, 6) is 0. The summed E-state index contributed by atoms with van der Waals surface area (Å²) in [6.07, 6.45) is 0. The van der Waals surface area contributed by atoms with Gasteiger partial charge < -0.3 is 0 Å². The van der Waals surface area contributed by atoms with E-state index < -0.39 is 0 Å². The Balaban J connectivity index is 0.980. The Hall–Kier alpha value is -7.74. The van der Waals surface area contributed by atoms with E-state index in [2.05, 4.69) is 218 Å². The number of hydrogen-bond donors (Lipinski definition) is 0. The van der Waals surface area contributed by atoms with Crippen LogP contribution in [-0.4, -0.2) is 14.5 Å². The molecule has 0 amide bonds. The summed E-state index contributed by atoms with van der Waals surface area (Å²) >= 11 is 0.145. The molecule has 0 aliphatic carbocycles. The molecule has 1 nitrogen and oxygen atoms in total. The number of benzene rings is 12. The molecule has 0 unspecified atom stereocenters. The Morgan fingerprint density at radius 3 is 1.36 bits per heavy atom. The van der Waals surface area contributed by atoms with Crippen LogP contribution in [0.25, 0.3) is 140 Å². The van der Waals surface area contributed by atoms with Gasteiger partial charge in [-0.2, -0.15) is 0 Å². The Morgan fingerprint density at radius 2 is 0.750 bits per heavy atom. The van der Waals surface area contributed by atoms with Gasteiger partial charge in [0.05, 0.1) is 0 Å². The molecule has 0 atom stereocenters. The third-order valence-electron chi connectivity index (χ3n) is 13.6. The normalized spacial score (nSPS) is 12.1. The Kier molecular flexibility index (Phi) is 7.77. The van der Waals surface area contributed by atoms with E-state index in [1.54, 1.807) is 0 Å². The summed E-state index contributed by atoms with van der Waals surface area (Å²) in [6, 6.07) is 81.0. The van der Waals surface area contributed by atoms with Gasteiger partial charge in [-0.15, -0.1) is 0 Å². The predicted octanol–water partition coefficient (Wildman–Crippen LogP) is 17.4. The van der Waals surface area contributed by atoms with Crippen molar-refractivity contribution in [2.24, 2.45) is 0 Å². The van der Waals surface area contributed by atoms with Gasteiger partial charge in [0.1, 0.15) is 0 Å². The van der Waals surface area contributed by atoms with Gasteiger partial charge in [0.15, 0.2) is 0 Å². The molecule has 0 fully saturated rings.